The molecule has 0 aliphatic heterocycles. The third-order valence-electron chi connectivity index (χ3n) is 2.72. The molecule has 0 unspecified atom stereocenters. The van der Waals surface area contributed by atoms with Crippen LogP contribution in [-0.2, 0) is 7.05 Å². The number of anilines is 2. The van der Waals surface area contributed by atoms with Crippen LogP contribution in [0.1, 0.15) is 10.5 Å². The molecular formula is C13H14N4O3S. The van der Waals surface area contributed by atoms with Gasteiger partial charge in [0.25, 0.3) is 0 Å². The molecular weight excluding hydrogens is 292 g/mol. The van der Waals surface area contributed by atoms with E-state index in [1.54, 1.807) is 20.2 Å². The SMILES string of the molecule is COc1cccc(NC(=S)Nc2cnn(C)c2C(=O)O)c1. The van der Waals surface area contributed by atoms with Crippen LogP contribution in [-0.4, -0.2) is 33.1 Å². The third-order valence-corrected chi connectivity index (χ3v) is 2.92. The van der Waals surface area contributed by atoms with Crippen LogP contribution < -0.4 is 15.4 Å². The van der Waals surface area contributed by atoms with E-state index >= 15 is 0 Å². The van der Waals surface area contributed by atoms with Crippen molar-refractivity contribution in [3.63, 3.8) is 0 Å². The Labute approximate surface area is 126 Å². The lowest BCUT2D eigenvalue weighted by atomic mass is 10.3. The largest absolute Gasteiger partial charge is 0.497 e. The number of nitrogens with zero attached hydrogens (tertiary/aromatic N) is 2. The molecule has 7 nitrogen and oxygen atoms in total. The zero-order valence-electron chi connectivity index (χ0n) is 11.5. The standard InChI is InChI=1S/C13H14N4O3S/c1-17-11(12(18)19)10(7-14-17)16-13(21)15-8-4-3-5-9(6-8)20-2/h3-7H,1-2H3,(H,18,19)(H2,15,16,21). The molecule has 110 valence electrons. The van der Waals surface area contributed by atoms with Gasteiger partial charge in [-0.15, -0.1) is 0 Å². The van der Waals surface area contributed by atoms with Gasteiger partial charge in [-0.1, -0.05) is 6.07 Å². The molecule has 1 aromatic heterocycles. The molecule has 0 aliphatic carbocycles. The Bertz CT molecular complexity index is 684. The molecule has 8 heteroatoms. The van der Waals surface area contributed by atoms with Crippen molar-refractivity contribution >= 4 is 34.7 Å². The van der Waals surface area contributed by atoms with Crippen molar-refractivity contribution in [1.82, 2.24) is 9.78 Å². The topological polar surface area (TPSA) is 88.4 Å². The predicted octanol–water partition coefficient (Wildman–Crippen LogP) is 1.94. The van der Waals surface area contributed by atoms with Gasteiger partial charge in [0.1, 0.15) is 5.75 Å². The van der Waals surface area contributed by atoms with Crippen LogP contribution in [0.4, 0.5) is 11.4 Å². The van der Waals surface area contributed by atoms with Crippen LogP contribution in [0.25, 0.3) is 0 Å². The number of carbonyl (C=O) groups is 1. The summed E-state index contributed by atoms with van der Waals surface area (Å²) in [7, 11) is 3.12. The number of aromatic nitrogens is 2. The van der Waals surface area contributed by atoms with Crippen molar-refractivity contribution in [1.29, 1.82) is 0 Å². The summed E-state index contributed by atoms with van der Waals surface area (Å²) in [5.41, 5.74) is 1.09. The fraction of sp³-hybridized carbons (Fsp3) is 0.154. The van der Waals surface area contributed by atoms with Gasteiger partial charge < -0.3 is 20.5 Å². The van der Waals surface area contributed by atoms with E-state index in [4.69, 9.17) is 22.1 Å². The molecule has 0 radical (unpaired) electrons. The van der Waals surface area contributed by atoms with Gasteiger partial charge in [-0.25, -0.2) is 4.79 Å². The third kappa shape index (κ3) is 3.48. The number of nitrogens with one attached hydrogen (secondary N) is 2. The van der Waals surface area contributed by atoms with Crippen molar-refractivity contribution in [2.45, 2.75) is 0 Å². The maximum atomic E-state index is 11.1. The molecule has 0 saturated heterocycles. The number of rotatable bonds is 4. The first-order valence-electron chi connectivity index (χ1n) is 5.98. The zero-order chi connectivity index (χ0) is 15.4. The molecule has 1 heterocycles. The molecule has 0 fully saturated rings. The van der Waals surface area contributed by atoms with Crippen LogP contribution >= 0.6 is 12.2 Å². The van der Waals surface area contributed by atoms with Crippen LogP contribution in [0.3, 0.4) is 0 Å². The molecule has 2 rings (SSSR count). The summed E-state index contributed by atoms with van der Waals surface area (Å²) >= 11 is 5.16. The Morgan fingerprint density at radius 1 is 1.43 bits per heavy atom. The Morgan fingerprint density at radius 3 is 2.86 bits per heavy atom. The van der Waals surface area contributed by atoms with Gasteiger partial charge in [-0.3, -0.25) is 4.68 Å². The van der Waals surface area contributed by atoms with Crippen LogP contribution in [0.15, 0.2) is 30.5 Å². The highest BCUT2D eigenvalue weighted by Crippen LogP contribution is 2.18. The van der Waals surface area contributed by atoms with E-state index in [0.717, 1.165) is 5.69 Å². The summed E-state index contributed by atoms with van der Waals surface area (Å²) in [6.45, 7) is 0. The van der Waals surface area contributed by atoms with E-state index in [2.05, 4.69) is 15.7 Å². The molecule has 0 bridgehead atoms. The van der Waals surface area contributed by atoms with Crippen LogP contribution in [0.5, 0.6) is 5.75 Å². The number of carboxylic acid groups (broad SMARTS) is 1. The first-order chi connectivity index (χ1) is 10.0. The van der Waals surface area contributed by atoms with Gasteiger partial charge >= 0.3 is 5.97 Å². The van der Waals surface area contributed by atoms with Gasteiger partial charge in [0.05, 0.1) is 19.0 Å². The lowest BCUT2D eigenvalue weighted by molar-refractivity contribution is 0.0686. The molecule has 0 spiro atoms. The van der Waals surface area contributed by atoms with Gasteiger partial charge in [-0.2, -0.15) is 5.10 Å². The molecule has 3 N–H and O–H groups in total. The first-order valence-corrected chi connectivity index (χ1v) is 6.39. The molecule has 0 amide bonds. The minimum atomic E-state index is -1.08. The monoisotopic (exact) mass is 306 g/mol. The van der Waals surface area contributed by atoms with Gasteiger partial charge in [0, 0.05) is 18.8 Å². The fourth-order valence-electron chi connectivity index (χ4n) is 1.77. The van der Waals surface area contributed by atoms with E-state index in [1.807, 2.05) is 18.2 Å². The van der Waals surface area contributed by atoms with Gasteiger partial charge in [-0.05, 0) is 24.4 Å². The highest BCUT2D eigenvalue weighted by molar-refractivity contribution is 7.80. The average Bonchev–Trinajstić information content (AvgIpc) is 2.79. The van der Waals surface area contributed by atoms with Crippen molar-refractivity contribution < 1.29 is 14.6 Å². The molecule has 0 saturated carbocycles. The average molecular weight is 306 g/mol. The van der Waals surface area contributed by atoms with Crippen molar-refractivity contribution in [2.24, 2.45) is 7.05 Å². The van der Waals surface area contributed by atoms with E-state index in [-0.39, 0.29) is 10.8 Å². The van der Waals surface area contributed by atoms with Crippen molar-refractivity contribution in [3.05, 3.63) is 36.2 Å². The summed E-state index contributed by atoms with van der Waals surface area (Å²) in [5, 5.41) is 19.0. The first kappa shape index (κ1) is 14.8. The van der Waals surface area contributed by atoms with Crippen LogP contribution in [0.2, 0.25) is 0 Å². The lowest BCUT2D eigenvalue weighted by Crippen LogP contribution is -2.20. The second-order valence-corrected chi connectivity index (χ2v) is 4.55. The highest BCUT2D eigenvalue weighted by atomic mass is 32.1. The van der Waals surface area contributed by atoms with E-state index in [9.17, 15) is 4.79 Å². The minimum absolute atomic E-state index is 0.0322. The Balaban J connectivity index is 2.10. The summed E-state index contributed by atoms with van der Waals surface area (Å²) in [6.07, 6.45) is 1.41. The zero-order valence-corrected chi connectivity index (χ0v) is 12.3. The Morgan fingerprint density at radius 2 is 2.19 bits per heavy atom. The number of aryl methyl sites for hydroxylation is 1. The van der Waals surface area contributed by atoms with Gasteiger partial charge in [0.15, 0.2) is 10.8 Å². The second kappa shape index (κ2) is 6.23. The molecule has 0 aliphatic rings. The number of hydrogen-bond acceptors (Lipinski definition) is 4. The number of benzene rings is 1. The summed E-state index contributed by atoms with van der Waals surface area (Å²) in [4.78, 5) is 11.1. The number of methoxy groups -OCH3 is 1. The lowest BCUT2D eigenvalue weighted by Gasteiger charge is -2.11. The predicted molar refractivity (Wildman–Crippen MR) is 83.0 cm³/mol. The van der Waals surface area contributed by atoms with Gasteiger partial charge in [0.2, 0.25) is 0 Å². The number of thiocarbonyl (C=S) groups is 1. The number of aromatic carboxylic acids is 1. The van der Waals surface area contributed by atoms with Crippen molar-refractivity contribution in [3.8, 4) is 5.75 Å². The smallest absolute Gasteiger partial charge is 0.356 e. The normalized spacial score (nSPS) is 10.0. The quantitative estimate of drug-likeness (QED) is 0.744. The van der Waals surface area contributed by atoms with E-state index < -0.39 is 5.97 Å². The summed E-state index contributed by atoms with van der Waals surface area (Å²) in [5.74, 6) is -0.392. The number of carboxylic acids is 1. The second-order valence-electron chi connectivity index (χ2n) is 4.15. The Hall–Kier alpha value is -2.61. The Kier molecular flexibility index (Phi) is 4.39. The number of hydrogen-bond donors (Lipinski definition) is 3. The molecule has 21 heavy (non-hydrogen) atoms. The molecule has 1 aromatic carbocycles. The maximum Gasteiger partial charge on any atom is 0.356 e. The number of ether oxygens (including phenoxy) is 1. The van der Waals surface area contributed by atoms with E-state index in [0.29, 0.717) is 11.4 Å². The van der Waals surface area contributed by atoms with Crippen LogP contribution in [0, 0.1) is 0 Å². The minimum Gasteiger partial charge on any atom is -0.497 e. The maximum absolute atomic E-state index is 11.1. The molecule has 0 atom stereocenters. The highest BCUT2D eigenvalue weighted by Gasteiger charge is 2.16. The summed E-state index contributed by atoms with van der Waals surface area (Å²) in [6, 6.07) is 7.22. The molecule has 2 aromatic rings. The van der Waals surface area contributed by atoms with E-state index in [1.165, 1.54) is 10.9 Å². The van der Waals surface area contributed by atoms with Crippen molar-refractivity contribution in [2.75, 3.05) is 17.7 Å². The summed E-state index contributed by atoms with van der Waals surface area (Å²) < 4.78 is 6.38. The fourth-order valence-corrected chi connectivity index (χ4v) is 2.00.